The van der Waals surface area contributed by atoms with Crippen molar-refractivity contribution < 1.29 is 8.42 Å². The second-order valence-electron chi connectivity index (χ2n) is 5.98. The summed E-state index contributed by atoms with van der Waals surface area (Å²) in [5.74, 6) is 0. The summed E-state index contributed by atoms with van der Waals surface area (Å²) in [4.78, 5) is 1.26. The van der Waals surface area contributed by atoms with E-state index in [4.69, 9.17) is 0 Å². The van der Waals surface area contributed by atoms with Gasteiger partial charge in [0.15, 0.2) is 0 Å². The molecule has 0 aliphatic heterocycles. The van der Waals surface area contributed by atoms with E-state index in [0.717, 1.165) is 17.7 Å². The Bertz CT molecular complexity index is 519. The maximum Gasteiger partial charge on any atom is 0.242 e. The smallest absolute Gasteiger partial charge is 0.242 e. The van der Waals surface area contributed by atoms with Crippen molar-refractivity contribution in [3.63, 3.8) is 0 Å². The van der Waals surface area contributed by atoms with Crippen LogP contribution in [0.4, 0.5) is 0 Å². The van der Waals surface area contributed by atoms with E-state index < -0.39 is 15.6 Å². The van der Waals surface area contributed by atoms with Gasteiger partial charge in [0.05, 0.1) is 4.90 Å². The molecule has 1 heterocycles. The molecule has 0 saturated heterocycles. The maximum atomic E-state index is 12.5. The molecule has 0 fully saturated rings. The van der Waals surface area contributed by atoms with Crippen molar-refractivity contribution >= 4 is 21.4 Å². The van der Waals surface area contributed by atoms with Gasteiger partial charge in [-0.2, -0.15) is 0 Å². The summed E-state index contributed by atoms with van der Waals surface area (Å²) in [6.07, 6.45) is 1.76. The van der Waals surface area contributed by atoms with E-state index in [9.17, 15) is 8.42 Å². The quantitative estimate of drug-likeness (QED) is 0.774. The highest BCUT2D eigenvalue weighted by atomic mass is 32.2. The molecule has 20 heavy (non-hydrogen) atoms. The molecule has 0 atom stereocenters. The van der Waals surface area contributed by atoms with Gasteiger partial charge >= 0.3 is 0 Å². The summed E-state index contributed by atoms with van der Waals surface area (Å²) in [5, 5.41) is 5.10. The topological polar surface area (TPSA) is 58.2 Å². The summed E-state index contributed by atoms with van der Waals surface area (Å²) in [6, 6.07) is 2.02. The Hall–Kier alpha value is -0.430. The van der Waals surface area contributed by atoms with Gasteiger partial charge in [0, 0.05) is 23.0 Å². The van der Waals surface area contributed by atoms with Crippen LogP contribution in [0.1, 0.15) is 52.3 Å². The largest absolute Gasteiger partial charge is 0.310 e. The lowest BCUT2D eigenvalue weighted by molar-refractivity contribution is 0.417. The first kappa shape index (κ1) is 17.6. The average molecular weight is 319 g/mol. The molecule has 0 amide bonds. The molecule has 6 heteroatoms. The predicted octanol–water partition coefficient (Wildman–Crippen LogP) is 3.10. The molecule has 116 valence electrons. The molecular formula is C14H26N2O2S2. The Balaban J connectivity index is 2.90. The van der Waals surface area contributed by atoms with Crippen molar-refractivity contribution in [3.05, 3.63) is 16.3 Å². The van der Waals surface area contributed by atoms with Gasteiger partial charge in [-0.05, 0) is 31.7 Å². The van der Waals surface area contributed by atoms with Gasteiger partial charge in [0.2, 0.25) is 10.0 Å². The van der Waals surface area contributed by atoms with Crippen LogP contribution in [-0.4, -0.2) is 20.0 Å². The Labute approximate surface area is 127 Å². The van der Waals surface area contributed by atoms with Gasteiger partial charge in [-0.3, -0.25) is 0 Å². The molecule has 0 aliphatic carbocycles. The molecule has 0 saturated carbocycles. The lowest BCUT2D eigenvalue weighted by Gasteiger charge is -2.25. The molecule has 1 aromatic rings. The monoisotopic (exact) mass is 318 g/mol. The van der Waals surface area contributed by atoms with E-state index in [-0.39, 0.29) is 0 Å². The summed E-state index contributed by atoms with van der Waals surface area (Å²) >= 11 is 1.48. The highest BCUT2D eigenvalue weighted by molar-refractivity contribution is 7.89. The Morgan fingerprint density at radius 2 is 2.00 bits per heavy atom. The van der Waals surface area contributed by atoms with Crippen molar-refractivity contribution in [3.8, 4) is 0 Å². The number of hydrogen-bond donors (Lipinski definition) is 2. The number of thiophene rings is 1. The van der Waals surface area contributed by atoms with E-state index in [0.29, 0.717) is 17.5 Å². The SMILES string of the molecule is CCCC(C)(C)NS(=O)(=O)c1ccsc1CNC(C)C. The van der Waals surface area contributed by atoms with Crippen LogP contribution in [0.2, 0.25) is 0 Å². The highest BCUT2D eigenvalue weighted by Gasteiger charge is 2.27. The second-order valence-corrected chi connectivity index (χ2v) is 8.63. The van der Waals surface area contributed by atoms with Crippen LogP contribution in [0.25, 0.3) is 0 Å². The summed E-state index contributed by atoms with van der Waals surface area (Å²) in [6.45, 7) is 10.6. The summed E-state index contributed by atoms with van der Waals surface area (Å²) < 4.78 is 27.8. The average Bonchev–Trinajstić information content (AvgIpc) is 2.73. The predicted molar refractivity (Wildman–Crippen MR) is 85.6 cm³/mol. The fourth-order valence-corrected chi connectivity index (χ4v) is 4.93. The van der Waals surface area contributed by atoms with E-state index in [1.165, 1.54) is 11.3 Å². The standard InChI is InChI=1S/C14H26N2O2S2/c1-6-8-14(4,5)16-20(17,18)13-7-9-19-12(13)10-15-11(2)3/h7,9,11,15-16H,6,8,10H2,1-5H3. The molecule has 0 aliphatic rings. The lowest BCUT2D eigenvalue weighted by Crippen LogP contribution is -2.43. The molecule has 0 aromatic carbocycles. The summed E-state index contributed by atoms with van der Waals surface area (Å²) in [5.41, 5.74) is -0.418. The van der Waals surface area contributed by atoms with Crippen molar-refractivity contribution in [1.29, 1.82) is 0 Å². The highest BCUT2D eigenvalue weighted by Crippen LogP contribution is 2.24. The van der Waals surface area contributed by atoms with Gasteiger partial charge in [-0.15, -0.1) is 11.3 Å². The lowest BCUT2D eigenvalue weighted by atomic mass is 10.0. The Morgan fingerprint density at radius 1 is 1.35 bits per heavy atom. The van der Waals surface area contributed by atoms with Gasteiger partial charge in [0.1, 0.15) is 0 Å². The first-order chi connectivity index (χ1) is 9.18. The second kappa shape index (κ2) is 7.02. The fourth-order valence-electron chi connectivity index (χ4n) is 2.09. The van der Waals surface area contributed by atoms with Crippen molar-refractivity contribution in [2.24, 2.45) is 0 Å². The van der Waals surface area contributed by atoms with Crippen LogP contribution in [0.15, 0.2) is 16.3 Å². The molecule has 0 radical (unpaired) electrons. The zero-order valence-electron chi connectivity index (χ0n) is 13.0. The van der Waals surface area contributed by atoms with Crippen molar-refractivity contribution in [2.75, 3.05) is 0 Å². The third-order valence-corrected chi connectivity index (χ3v) is 5.78. The molecule has 0 spiro atoms. The van der Waals surface area contributed by atoms with Gasteiger partial charge in [-0.1, -0.05) is 27.2 Å². The van der Waals surface area contributed by atoms with Crippen LogP contribution in [-0.2, 0) is 16.6 Å². The van der Waals surface area contributed by atoms with Crippen LogP contribution in [0.5, 0.6) is 0 Å². The van der Waals surface area contributed by atoms with Crippen molar-refractivity contribution in [1.82, 2.24) is 10.0 Å². The molecule has 1 aromatic heterocycles. The van der Waals surface area contributed by atoms with E-state index in [1.54, 1.807) is 6.07 Å². The molecule has 4 nitrogen and oxygen atoms in total. The number of hydrogen-bond acceptors (Lipinski definition) is 4. The number of rotatable bonds is 8. The van der Waals surface area contributed by atoms with Gasteiger partial charge < -0.3 is 5.32 Å². The molecule has 1 rings (SSSR count). The minimum absolute atomic E-state index is 0.331. The number of sulfonamides is 1. The minimum atomic E-state index is -3.45. The number of nitrogens with one attached hydrogen (secondary N) is 2. The van der Waals surface area contributed by atoms with Crippen LogP contribution in [0, 0.1) is 0 Å². The van der Waals surface area contributed by atoms with E-state index >= 15 is 0 Å². The van der Waals surface area contributed by atoms with Crippen LogP contribution < -0.4 is 10.0 Å². The molecule has 2 N–H and O–H groups in total. The van der Waals surface area contributed by atoms with Crippen molar-refractivity contribution in [2.45, 2.75) is 70.5 Å². The fraction of sp³-hybridized carbons (Fsp3) is 0.714. The zero-order valence-corrected chi connectivity index (χ0v) is 14.6. The summed E-state index contributed by atoms with van der Waals surface area (Å²) in [7, 11) is -3.45. The third kappa shape index (κ3) is 5.16. The first-order valence-electron chi connectivity index (χ1n) is 7.01. The molecular weight excluding hydrogens is 292 g/mol. The Kier molecular flexibility index (Phi) is 6.19. The van der Waals surface area contributed by atoms with Crippen LogP contribution in [0.3, 0.4) is 0 Å². The van der Waals surface area contributed by atoms with Gasteiger partial charge in [0.25, 0.3) is 0 Å². The zero-order chi connectivity index (χ0) is 15.4. The Morgan fingerprint density at radius 3 is 2.55 bits per heavy atom. The van der Waals surface area contributed by atoms with Gasteiger partial charge in [-0.25, -0.2) is 13.1 Å². The third-order valence-electron chi connectivity index (χ3n) is 2.95. The van der Waals surface area contributed by atoms with Crippen LogP contribution >= 0.6 is 11.3 Å². The first-order valence-corrected chi connectivity index (χ1v) is 9.38. The van der Waals surface area contributed by atoms with E-state index in [2.05, 4.69) is 17.0 Å². The normalized spacial score (nSPS) is 13.1. The van der Waals surface area contributed by atoms with E-state index in [1.807, 2.05) is 33.1 Å². The molecule has 0 unspecified atom stereocenters. The minimum Gasteiger partial charge on any atom is -0.310 e. The maximum absolute atomic E-state index is 12.5. The molecule has 0 bridgehead atoms.